The number of aryl methyl sites for hydroxylation is 2. The first-order valence-electron chi connectivity index (χ1n) is 10.5. The third-order valence-corrected chi connectivity index (χ3v) is 6.17. The Morgan fingerprint density at radius 1 is 1.22 bits per heavy atom. The van der Waals surface area contributed by atoms with E-state index < -0.39 is 6.04 Å². The number of para-hydroxylation sites is 1. The summed E-state index contributed by atoms with van der Waals surface area (Å²) >= 11 is 0. The average molecular weight is 428 g/mol. The van der Waals surface area contributed by atoms with Crippen molar-refractivity contribution in [2.45, 2.75) is 26.1 Å². The molecule has 5 rings (SSSR count). The van der Waals surface area contributed by atoms with Gasteiger partial charge in [0.05, 0.1) is 35.8 Å². The van der Waals surface area contributed by atoms with Crippen LogP contribution in [0.3, 0.4) is 0 Å². The number of nitrogen functional groups attached to an aromatic ring is 1. The fraction of sp³-hybridized carbons (Fsp3) is 0.240. The Kier molecular flexibility index (Phi) is 4.90. The molecule has 1 aliphatic rings. The Morgan fingerprint density at radius 3 is 2.66 bits per heavy atom. The second kappa shape index (κ2) is 7.76. The molecule has 0 amide bonds. The summed E-state index contributed by atoms with van der Waals surface area (Å²) in [4.78, 5) is 19.3. The minimum Gasteiger partial charge on any atom is -0.497 e. The van der Waals surface area contributed by atoms with Crippen molar-refractivity contribution in [2.24, 2.45) is 7.05 Å². The molecule has 0 spiro atoms. The van der Waals surface area contributed by atoms with Gasteiger partial charge in [0.1, 0.15) is 12.0 Å². The second-order valence-electron chi connectivity index (χ2n) is 8.22. The Morgan fingerprint density at radius 2 is 2.00 bits per heavy atom. The van der Waals surface area contributed by atoms with Crippen LogP contribution >= 0.6 is 0 Å². The monoisotopic (exact) mass is 427 g/mol. The molecule has 7 heteroatoms. The van der Waals surface area contributed by atoms with Gasteiger partial charge in [0.25, 0.3) is 0 Å². The van der Waals surface area contributed by atoms with Crippen LogP contribution in [-0.4, -0.2) is 33.1 Å². The van der Waals surface area contributed by atoms with Gasteiger partial charge in [-0.1, -0.05) is 30.3 Å². The topological polar surface area (TPSA) is 86.3 Å². The SMILES string of the molecule is COc1ccc(CN2Cc3nc4c(-c5cc(C)nn5C)cccc4c(N)c3C2C=O)cc1. The number of nitrogens with zero attached hydrogens (tertiary/aromatic N) is 4. The average Bonchev–Trinajstić information content (AvgIpc) is 3.32. The molecule has 7 nitrogen and oxygen atoms in total. The van der Waals surface area contributed by atoms with Crippen LogP contribution in [0.25, 0.3) is 22.2 Å². The Hall–Kier alpha value is -3.71. The highest BCUT2D eigenvalue weighted by Gasteiger charge is 2.34. The molecule has 0 saturated heterocycles. The molecule has 162 valence electrons. The standard InChI is InChI=1S/C25H25N5O2/c1-15-11-21(29(2)28-15)18-5-4-6-19-24(26)23-20(27-25(18)19)13-30(22(23)14-31)12-16-7-9-17(32-3)10-8-16/h4-11,14,22H,12-13H2,1-3H3,(H2,26,27). The number of aromatic nitrogens is 3. The van der Waals surface area contributed by atoms with Crippen LogP contribution in [0.4, 0.5) is 5.69 Å². The van der Waals surface area contributed by atoms with Crippen LogP contribution in [0.2, 0.25) is 0 Å². The van der Waals surface area contributed by atoms with E-state index in [9.17, 15) is 4.79 Å². The van der Waals surface area contributed by atoms with Crippen LogP contribution in [0.15, 0.2) is 48.5 Å². The third kappa shape index (κ3) is 3.22. The van der Waals surface area contributed by atoms with Crippen molar-refractivity contribution in [3.63, 3.8) is 0 Å². The normalized spacial score (nSPS) is 15.8. The Labute approximate surface area is 186 Å². The Balaban J connectivity index is 1.58. The molecule has 2 N–H and O–H groups in total. The zero-order chi connectivity index (χ0) is 22.4. The number of methoxy groups -OCH3 is 1. The van der Waals surface area contributed by atoms with E-state index in [2.05, 4.69) is 10.00 Å². The molecule has 0 radical (unpaired) electrons. The van der Waals surface area contributed by atoms with E-state index in [1.54, 1.807) is 7.11 Å². The van der Waals surface area contributed by atoms with Gasteiger partial charge in [-0.2, -0.15) is 5.10 Å². The fourth-order valence-electron chi connectivity index (χ4n) is 4.64. The van der Waals surface area contributed by atoms with Crippen LogP contribution < -0.4 is 10.5 Å². The maximum Gasteiger partial charge on any atom is 0.141 e. The summed E-state index contributed by atoms with van der Waals surface area (Å²) in [5.74, 6) is 0.806. The number of hydrogen-bond acceptors (Lipinski definition) is 6. The highest BCUT2D eigenvalue weighted by molar-refractivity contribution is 6.01. The molecule has 0 aliphatic carbocycles. The van der Waals surface area contributed by atoms with E-state index in [1.807, 2.05) is 67.2 Å². The van der Waals surface area contributed by atoms with Crippen LogP contribution in [0, 0.1) is 6.92 Å². The number of hydrogen-bond donors (Lipinski definition) is 1. The predicted molar refractivity (Wildman–Crippen MR) is 124 cm³/mol. The lowest BCUT2D eigenvalue weighted by Crippen LogP contribution is -2.23. The molecular weight excluding hydrogens is 402 g/mol. The highest BCUT2D eigenvalue weighted by Crippen LogP contribution is 2.41. The van der Waals surface area contributed by atoms with Crippen molar-refractivity contribution in [3.05, 3.63) is 71.0 Å². The van der Waals surface area contributed by atoms with E-state index >= 15 is 0 Å². The molecule has 1 unspecified atom stereocenters. The van der Waals surface area contributed by atoms with E-state index in [0.717, 1.165) is 56.7 Å². The number of carbonyl (C=O) groups is 1. The molecule has 32 heavy (non-hydrogen) atoms. The van der Waals surface area contributed by atoms with Gasteiger partial charge in [-0.05, 0) is 30.7 Å². The molecule has 0 bridgehead atoms. The van der Waals surface area contributed by atoms with Crippen LogP contribution in [0.1, 0.15) is 28.6 Å². The molecule has 2 aromatic carbocycles. The van der Waals surface area contributed by atoms with Gasteiger partial charge in [-0.15, -0.1) is 0 Å². The number of ether oxygens (including phenoxy) is 1. The van der Waals surface area contributed by atoms with Crippen molar-refractivity contribution in [1.82, 2.24) is 19.7 Å². The lowest BCUT2D eigenvalue weighted by Gasteiger charge is -2.21. The zero-order valence-electron chi connectivity index (χ0n) is 18.4. The molecule has 0 saturated carbocycles. The molecule has 1 aliphatic heterocycles. The van der Waals surface area contributed by atoms with E-state index in [1.165, 1.54) is 0 Å². The molecular formula is C25H25N5O2. The fourth-order valence-corrected chi connectivity index (χ4v) is 4.64. The van der Waals surface area contributed by atoms with Crippen molar-refractivity contribution < 1.29 is 9.53 Å². The summed E-state index contributed by atoms with van der Waals surface area (Å²) in [6.45, 7) is 3.15. The van der Waals surface area contributed by atoms with Crippen molar-refractivity contribution in [2.75, 3.05) is 12.8 Å². The predicted octanol–water partition coefficient (Wildman–Crippen LogP) is 3.79. The minimum absolute atomic E-state index is 0.424. The number of aldehydes is 1. The van der Waals surface area contributed by atoms with E-state index in [0.29, 0.717) is 18.8 Å². The summed E-state index contributed by atoms with van der Waals surface area (Å²) in [5.41, 5.74) is 13.8. The number of benzene rings is 2. The lowest BCUT2D eigenvalue weighted by atomic mass is 9.99. The second-order valence-corrected chi connectivity index (χ2v) is 8.22. The largest absolute Gasteiger partial charge is 0.497 e. The van der Waals surface area contributed by atoms with Gasteiger partial charge in [0.2, 0.25) is 0 Å². The first-order valence-corrected chi connectivity index (χ1v) is 10.5. The maximum atomic E-state index is 12.1. The number of rotatable bonds is 5. The molecule has 0 fully saturated rings. The molecule has 1 atom stereocenters. The van der Waals surface area contributed by atoms with Crippen LogP contribution in [0.5, 0.6) is 5.75 Å². The number of anilines is 1. The van der Waals surface area contributed by atoms with Gasteiger partial charge in [0.15, 0.2) is 0 Å². The van der Waals surface area contributed by atoms with Gasteiger partial charge < -0.3 is 15.3 Å². The first kappa shape index (κ1) is 20.2. The summed E-state index contributed by atoms with van der Waals surface area (Å²) in [5, 5.41) is 5.34. The minimum atomic E-state index is -0.424. The van der Waals surface area contributed by atoms with Crippen molar-refractivity contribution in [3.8, 4) is 17.0 Å². The number of nitrogens with two attached hydrogens (primary N) is 1. The van der Waals surface area contributed by atoms with Gasteiger partial charge in [-0.3, -0.25) is 14.6 Å². The quantitative estimate of drug-likeness (QED) is 0.488. The highest BCUT2D eigenvalue weighted by atomic mass is 16.5. The smallest absolute Gasteiger partial charge is 0.141 e. The summed E-state index contributed by atoms with van der Waals surface area (Å²) < 4.78 is 7.11. The number of pyridine rings is 1. The van der Waals surface area contributed by atoms with E-state index in [-0.39, 0.29) is 0 Å². The summed E-state index contributed by atoms with van der Waals surface area (Å²) in [6.07, 6.45) is 0.966. The van der Waals surface area contributed by atoms with Gasteiger partial charge in [0, 0.05) is 42.3 Å². The van der Waals surface area contributed by atoms with Crippen molar-refractivity contribution >= 4 is 22.9 Å². The van der Waals surface area contributed by atoms with Gasteiger partial charge in [-0.25, -0.2) is 0 Å². The summed E-state index contributed by atoms with van der Waals surface area (Å²) in [7, 11) is 3.58. The third-order valence-electron chi connectivity index (χ3n) is 6.17. The zero-order valence-corrected chi connectivity index (χ0v) is 18.4. The van der Waals surface area contributed by atoms with E-state index in [4.69, 9.17) is 15.5 Å². The molecule has 4 aromatic rings. The van der Waals surface area contributed by atoms with Gasteiger partial charge >= 0.3 is 0 Å². The summed E-state index contributed by atoms with van der Waals surface area (Å²) in [6, 6.07) is 15.5. The number of carbonyl (C=O) groups excluding carboxylic acids is 1. The lowest BCUT2D eigenvalue weighted by molar-refractivity contribution is -0.112. The number of fused-ring (bicyclic) bond motifs is 2. The molecule has 3 heterocycles. The Bertz CT molecular complexity index is 1330. The van der Waals surface area contributed by atoms with Crippen LogP contribution in [-0.2, 0) is 24.9 Å². The molecule has 2 aromatic heterocycles. The maximum absolute atomic E-state index is 12.1. The first-order chi connectivity index (χ1) is 15.5. The van der Waals surface area contributed by atoms with Crippen molar-refractivity contribution in [1.29, 1.82) is 0 Å².